The Kier molecular flexibility index (Phi) is 8.67. The molecular formula is C16H26ClIN3O3PSSi. The van der Waals surface area contributed by atoms with Crippen LogP contribution in [-0.4, -0.2) is 48.0 Å². The highest BCUT2D eigenvalue weighted by Crippen LogP contribution is 2.47. The van der Waals surface area contributed by atoms with Crippen LogP contribution < -0.4 is 0 Å². The van der Waals surface area contributed by atoms with Gasteiger partial charge in [0.1, 0.15) is 10.4 Å². The minimum atomic E-state index is -2.67. The van der Waals surface area contributed by atoms with Gasteiger partial charge < -0.3 is 9.26 Å². The zero-order chi connectivity index (χ0) is 20.2. The van der Waals surface area contributed by atoms with Crippen LogP contribution in [-0.2, 0) is 20.6 Å². The van der Waals surface area contributed by atoms with Gasteiger partial charge in [0, 0.05) is 21.3 Å². The van der Waals surface area contributed by atoms with Gasteiger partial charge in [-0.25, -0.2) is 9.97 Å². The van der Waals surface area contributed by atoms with Crippen molar-refractivity contribution in [3.05, 3.63) is 14.8 Å². The summed E-state index contributed by atoms with van der Waals surface area (Å²) in [5.74, 6) is 0. The molecule has 0 spiro atoms. The third kappa shape index (κ3) is 7.28. The van der Waals surface area contributed by atoms with E-state index >= 15 is 0 Å². The van der Waals surface area contributed by atoms with E-state index in [-0.39, 0.29) is 0 Å². The van der Waals surface area contributed by atoms with Gasteiger partial charge in [-0.15, -0.1) is 0 Å². The van der Waals surface area contributed by atoms with Crippen molar-refractivity contribution >= 4 is 72.6 Å². The van der Waals surface area contributed by atoms with Crippen molar-refractivity contribution < 1.29 is 13.8 Å². The van der Waals surface area contributed by atoms with Crippen molar-refractivity contribution in [2.45, 2.75) is 44.5 Å². The van der Waals surface area contributed by atoms with E-state index in [4.69, 9.17) is 20.9 Å². The van der Waals surface area contributed by atoms with Gasteiger partial charge in [-0.2, -0.15) is 0 Å². The fourth-order valence-corrected chi connectivity index (χ4v) is 6.23. The molecule has 2 heterocycles. The lowest BCUT2D eigenvalue weighted by Gasteiger charge is -2.16. The summed E-state index contributed by atoms with van der Waals surface area (Å²) in [6, 6.07) is 2.95. The lowest BCUT2D eigenvalue weighted by molar-refractivity contribution is 0.0843. The molecule has 2 aromatic rings. The predicted octanol–water partition coefficient (Wildman–Crippen LogP) is 6.00. The van der Waals surface area contributed by atoms with E-state index in [1.807, 2.05) is 17.6 Å². The largest absolute Gasteiger partial charge is 0.361 e. The van der Waals surface area contributed by atoms with E-state index < -0.39 is 15.4 Å². The van der Waals surface area contributed by atoms with Gasteiger partial charge in [0.15, 0.2) is 10.8 Å². The van der Waals surface area contributed by atoms with Gasteiger partial charge in [0.25, 0.3) is 0 Å². The Morgan fingerprint density at radius 2 is 2.07 bits per heavy atom. The lowest BCUT2D eigenvalue weighted by Crippen LogP contribution is -2.22. The summed E-state index contributed by atoms with van der Waals surface area (Å²) >= 11 is 9.76. The first kappa shape index (κ1) is 23.6. The summed E-state index contributed by atoms with van der Waals surface area (Å²) in [5.41, 5.74) is 1.78. The molecule has 0 saturated heterocycles. The summed E-state index contributed by atoms with van der Waals surface area (Å²) in [6.45, 7) is 12.0. The number of pyridine rings is 1. The zero-order valence-corrected chi connectivity index (χ0v) is 21.9. The molecule has 0 amide bonds. The molecule has 1 atom stereocenters. The summed E-state index contributed by atoms with van der Waals surface area (Å²) in [6.07, 6.45) is 0. The van der Waals surface area contributed by atoms with Gasteiger partial charge >= 0.3 is 0 Å². The van der Waals surface area contributed by atoms with Gasteiger partial charge in [-0.05, 0) is 41.6 Å². The third-order valence-electron chi connectivity index (χ3n) is 3.66. The van der Waals surface area contributed by atoms with E-state index in [0.29, 0.717) is 45.0 Å². The molecule has 2 aromatic heterocycles. The van der Waals surface area contributed by atoms with Crippen LogP contribution in [0.4, 0.5) is 0 Å². The molecule has 0 N–H and O–H groups in total. The highest BCUT2D eigenvalue weighted by molar-refractivity contribution is 14.1. The second-order valence-corrected chi connectivity index (χ2v) is 18.5. The number of hydrogen-bond donors (Lipinski definition) is 0. The molecule has 152 valence electrons. The molecule has 0 radical (unpaired) electrons. The Hall–Kier alpha value is 0.357. The van der Waals surface area contributed by atoms with Crippen LogP contribution in [0, 0.1) is 3.70 Å². The molecule has 11 heteroatoms. The second-order valence-electron chi connectivity index (χ2n) is 7.48. The quantitative estimate of drug-likeness (QED) is 0.0886. The number of thioether (sulfide) groups is 1. The first-order valence-corrected chi connectivity index (χ1v) is 17.1. The number of aromatic nitrogens is 3. The third-order valence-corrected chi connectivity index (χ3v) is 10.6. The minimum Gasteiger partial charge on any atom is -0.361 e. The molecule has 0 saturated carbocycles. The molecule has 6 nitrogen and oxygen atoms in total. The van der Waals surface area contributed by atoms with Crippen molar-refractivity contribution in [3.63, 3.8) is 0 Å². The molecule has 0 aromatic carbocycles. The maximum atomic E-state index is 12.4. The van der Waals surface area contributed by atoms with E-state index in [0.717, 1.165) is 11.6 Å². The second kappa shape index (κ2) is 9.91. The summed E-state index contributed by atoms with van der Waals surface area (Å²) in [5, 5.41) is 1.30. The maximum absolute atomic E-state index is 12.4. The highest BCUT2D eigenvalue weighted by atomic mass is 127. The average Bonchev–Trinajstić information content (AvgIpc) is 2.86. The Balaban J connectivity index is 2.24. The van der Waals surface area contributed by atoms with Crippen molar-refractivity contribution in [2.24, 2.45) is 0 Å². The van der Waals surface area contributed by atoms with Crippen LogP contribution in [0.2, 0.25) is 30.7 Å². The molecule has 1 unspecified atom stereocenters. The first-order chi connectivity index (χ1) is 12.5. The molecule has 0 bridgehead atoms. The number of halogens is 2. The molecule has 0 fully saturated rings. The molecule has 0 aliphatic rings. The zero-order valence-electron chi connectivity index (χ0n) is 16.3. The minimum absolute atomic E-state index is 0.351. The number of rotatable bonds is 10. The fourth-order valence-electron chi connectivity index (χ4n) is 2.24. The van der Waals surface area contributed by atoms with Gasteiger partial charge in [0.2, 0.25) is 7.37 Å². The monoisotopic (exact) mass is 561 g/mol. The van der Waals surface area contributed by atoms with Crippen LogP contribution in [0.25, 0.3) is 11.2 Å². The van der Waals surface area contributed by atoms with Crippen molar-refractivity contribution in [2.75, 3.05) is 25.4 Å². The molecule has 0 aliphatic heterocycles. The Bertz CT molecular complexity index is 846. The van der Waals surface area contributed by atoms with Crippen molar-refractivity contribution in [1.82, 2.24) is 14.5 Å². The number of imidazole rings is 1. The summed E-state index contributed by atoms with van der Waals surface area (Å²) in [7, 11) is -3.82. The van der Waals surface area contributed by atoms with Crippen LogP contribution in [0.3, 0.4) is 0 Å². The smallest absolute Gasteiger partial charge is 0.210 e. The Morgan fingerprint density at radius 1 is 1.37 bits per heavy atom. The van der Waals surface area contributed by atoms with Crippen LogP contribution in [0.1, 0.15) is 6.92 Å². The van der Waals surface area contributed by atoms with Crippen LogP contribution in [0.15, 0.2) is 11.2 Å². The number of fused-ring (bicyclic) bond motifs is 1. The normalized spacial score (nSPS) is 14.6. The summed E-state index contributed by atoms with van der Waals surface area (Å²) in [4.78, 5) is 9.07. The topological polar surface area (TPSA) is 66.2 Å². The first-order valence-electron chi connectivity index (χ1n) is 8.66. The van der Waals surface area contributed by atoms with Crippen LogP contribution in [0.5, 0.6) is 0 Å². The highest BCUT2D eigenvalue weighted by Gasteiger charge is 2.21. The number of ether oxygens (including phenoxy) is 1. The van der Waals surface area contributed by atoms with Crippen molar-refractivity contribution in [3.8, 4) is 0 Å². The standard InChI is InChI=1S/C16H26ClIN3O3PSSi/c1-6-24-25(2,22)11-26-16-20-15-13(9-12(17)14(18)19-15)21(16)10-23-7-8-27(3,4)5/h9H,6-8,10-11H2,1-5H3. The molecular weight excluding hydrogens is 536 g/mol. The number of hydrogen-bond acceptors (Lipinski definition) is 6. The number of nitrogens with zero attached hydrogens (tertiary/aromatic N) is 3. The predicted molar refractivity (Wildman–Crippen MR) is 125 cm³/mol. The van der Waals surface area contributed by atoms with Crippen molar-refractivity contribution in [1.29, 1.82) is 0 Å². The average molecular weight is 562 g/mol. The van der Waals surface area contributed by atoms with E-state index in [9.17, 15) is 4.57 Å². The van der Waals surface area contributed by atoms with Gasteiger partial charge in [-0.1, -0.05) is 43.0 Å². The van der Waals surface area contributed by atoms with Gasteiger partial charge in [-0.3, -0.25) is 9.13 Å². The Labute approximate surface area is 184 Å². The maximum Gasteiger partial charge on any atom is 0.210 e. The van der Waals surface area contributed by atoms with E-state index in [1.54, 1.807) is 6.66 Å². The summed E-state index contributed by atoms with van der Waals surface area (Å²) < 4.78 is 26.4. The fraction of sp³-hybridized carbons (Fsp3) is 0.625. The molecule has 2 rings (SSSR count). The van der Waals surface area contributed by atoms with Gasteiger partial charge in [0.05, 0.1) is 22.6 Å². The molecule has 27 heavy (non-hydrogen) atoms. The van der Waals surface area contributed by atoms with Crippen LogP contribution >= 0.6 is 53.3 Å². The molecule has 0 aliphatic carbocycles. The van der Waals surface area contributed by atoms with E-state index in [1.165, 1.54) is 11.8 Å². The Morgan fingerprint density at radius 3 is 2.70 bits per heavy atom. The van der Waals surface area contributed by atoms with E-state index in [2.05, 4.69) is 52.2 Å². The lowest BCUT2D eigenvalue weighted by atomic mass is 10.4. The SMILES string of the molecule is CCOP(C)(=O)CSc1nc2nc(I)c(Cl)cc2n1COCC[Si](C)(C)C.